The highest BCUT2D eigenvalue weighted by Gasteiger charge is 2.06. The quantitative estimate of drug-likeness (QED) is 0.815. The Morgan fingerprint density at radius 3 is 2.53 bits per heavy atom. The van der Waals surface area contributed by atoms with Crippen molar-refractivity contribution in [2.75, 3.05) is 20.1 Å². The van der Waals surface area contributed by atoms with E-state index in [1.54, 1.807) is 0 Å². The number of benzene rings is 1. The summed E-state index contributed by atoms with van der Waals surface area (Å²) in [6, 6.07) is 10.2. The summed E-state index contributed by atoms with van der Waals surface area (Å²) in [6.45, 7) is 6.18. The molecule has 94 valence electrons. The second-order valence-corrected chi connectivity index (χ2v) is 4.86. The number of hydrogen-bond acceptors (Lipinski definition) is 2. The van der Waals surface area contributed by atoms with Gasteiger partial charge in [0.15, 0.2) is 0 Å². The Morgan fingerprint density at radius 1 is 1.29 bits per heavy atom. The number of amides is 1. The molecular weight excluding hydrogens is 212 g/mol. The van der Waals surface area contributed by atoms with E-state index in [-0.39, 0.29) is 5.91 Å². The van der Waals surface area contributed by atoms with Gasteiger partial charge in [0.25, 0.3) is 0 Å². The fourth-order valence-corrected chi connectivity index (χ4v) is 1.57. The minimum atomic E-state index is 0.0946. The summed E-state index contributed by atoms with van der Waals surface area (Å²) in [5.74, 6) is 0.593. The first-order valence-corrected chi connectivity index (χ1v) is 6.07. The van der Waals surface area contributed by atoms with Crippen LogP contribution < -0.4 is 5.32 Å². The molecule has 0 heterocycles. The first kappa shape index (κ1) is 13.7. The van der Waals surface area contributed by atoms with Gasteiger partial charge in [0, 0.05) is 13.1 Å². The fourth-order valence-electron chi connectivity index (χ4n) is 1.57. The molecule has 0 aliphatic carbocycles. The zero-order valence-corrected chi connectivity index (χ0v) is 10.9. The van der Waals surface area contributed by atoms with Crippen LogP contribution in [0.1, 0.15) is 19.4 Å². The van der Waals surface area contributed by atoms with Gasteiger partial charge in [-0.15, -0.1) is 0 Å². The molecule has 3 heteroatoms. The lowest BCUT2D eigenvalue weighted by Crippen LogP contribution is -2.36. The zero-order valence-electron chi connectivity index (χ0n) is 10.9. The van der Waals surface area contributed by atoms with Crippen LogP contribution in [-0.4, -0.2) is 30.9 Å². The third kappa shape index (κ3) is 6.07. The number of likely N-dealkylation sites (N-methyl/N-ethyl adjacent to an activating group) is 1. The number of nitrogens with zero attached hydrogens (tertiary/aromatic N) is 1. The maximum absolute atomic E-state index is 11.6. The molecule has 1 aromatic rings. The summed E-state index contributed by atoms with van der Waals surface area (Å²) >= 11 is 0. The molecule has 0 fully saturated rings. The Kier molecular flexibility index (Phi) is 5.70. The molecule has 0 radical (unpaired) electrons. The number of carbonyl (C=O) groups excluding carboxylic acids is 1. The standard InChI is InChI=1S/C14H22N2O/c1-12(2)9-15-14(17)11-16(3)10-13-7-5-4-6-8-13/h4-8,12H,9-11H2,1-3H3,(H,15,17). The number of nitrogens with one attached hydrogen (secondary N) is 1. The molecule has 17 heavy (non-hydrogen) atoms. The van der Waals surface area contributed by atoms with Crippen molar-refractivity contribution in [2.45, 2.75) is 20.4 Å². The second kappa shape index (κ2) is 7.07. The Labute approximate surface area is 104 Å². The molecule has 0 unspecified atom stereocenters. The van der Waals surface area contributed by atoms with Gasteiger partial charge in [-0.2, -0.15) is 0 Å². The first-order valence-electron chi connectivity index (χ1n) is 6.07. The van der Waals surface area contributed by atoms with E-state index in [2.05, 4.69) is 31.3 Å². The smallest absolute Gasteiger partial charge is 0.234 e. The molecule has 0 bridgehead atoms. The minimum Gasteiger partial charge on any atom is -0.355 e. The van der Waals surface area contributed by atoms with Crippen molar-refractivity contribution < 1.29 is 4.79 Å². The van der Waals surface area contributed by atoms with Gasteiger partial charge in [0.2, 0.25) is 5.91 Å². The maximum atomic E-state index is 11.6. The highest BCUT2D eigenvalue weighted by molar-refractivity contribution is 5.77. The van der Waals surface area contributed by atoms with Crippen LogP contribution in [0.15, 0.2) is 30.3 Å². The van der Waals surface area contributed by atoms with Crippen molar-refractivity contribution in [1.82, 2.24) is 10.2 Å². The summed E-state index contributed by atoms with van der Waals surface area (Å²) in [4.78, 5) is 13.6. The summed E-state index contributed by atoms with van der Waals surface area (Å²) in [5.41, 5.74) is 1.23. The van der Waals surface area contributed by atoms with Gasteiger partial charge in [-0.25, -0.2) is 0 Å². The van der Waals surface area contributed by atoms with Crippen LogP contribution >= 0.6 is 0 Å². The van der Waals surface area contributed by atoms with Crippen molar-refractivity contribution in [3.8, 4) is 0 Å². The molecule has 0 saturated heterocycles. The number of hydrogen-bond donors (Lipinski definition) is 1. The molecule has 1 N–H and O–H groups in total. The Morgan fingerprint density at radius 2 is 1.94 bits per heavy atom. The third-order valence-electron chi connectivity index (χ3n) is 2.42. The average Bonchev–Trinajstić information content (AvgIpc) is 2.27. The summed E-state index contributed by atoms with van der Waals surface area (Å²) in [6.07, 6.45) is 0. The predicted octanol–water partition coefficient (Wildman–Crippen LogP) is 1.89. The topological polar surface area (TPSA) is 32.3 Å². The van der Waals surface area contributed by atoms with Crippen molar-refractivity contribution >= 4 is 5.91 Å². The predicted molar refractivity (Wildman–Crippen MR) is 70.6 cm³/mol. The van der Waals surface area contributed by atoms with Crippen molar-refractivity contribution in [2.24, 2.45) is 5.92 Å². The molecule has 1 aromatic carbocycles. The molecule has 1 amide bonds. The van der Waals surface area contributed by atoms with E-state index < -0.39 is 0 Å². The van der Waals surface area contributed by atoms with E-state index in [4.69, 9.17) is 0 Å². The van der Waals surface area contributed by atoms with Gasteiger partial charge in [-0.1, -0.05) is 44.2 Å². The molecule has 0 aliphatic rings. The zero-order chi connectivity index (χ0) is 12.7. The van der Waals surface area contributed by atoms with E-state index in [9.17, 15) is 4.79 Å². The lowest BCUT2D eigenvalue weighted by Gasteiger charge is -2.16. The molecule has 0 spiro atoms. The van der Waals surface area contributed by atoms with Gasteiger partial charge in [-0.05, 0) is 18.5 Å². The highest BCUT2D eigenvalue weighted by atomic mass is 16.2. The molecule has 0 saturated carbocycles. The van der Waals surface area contributed by atoms with Crippen molar-refractivity contribution in [3.63, 3.8) is 0 Å². The van der Waals surface area contributed by atoms with Gasteiger partial charge >= 0.3 is 0 Å². The van der Waals surface area contributed by atoms with E-state index in [1.165, 1.54) is 5.56 Å². The van der Waals surface area contributed by atoms with Crippen molar-refractivity contribution in [1.29, 1.82) is 0 Å². The van der Waals surface area contributed by atoms with Gasteiger partial charge in [0.05, 0.1) is 6.54 Å². The molecule has 0 aliphatic heterocycles. The first-order chi connectivity index (χ1) is 8.08. The van der Waals surface area contributed by atoms with Crippen LogP contribution in [0, 0.1) is 5.92 Å². The molecule has 0 aromatic heterocycles. The van der Waals surface area contributed by atoms with Gasteiger partial charge < -0.3 is 5.32 Å². The molecule has 0 atom stereocenters. The lowest BCUT2D eigenvalue weighted by molar-refractivity contribution is -0.122. The van der Waals surface area contributed by atoms with Crippen LogP contribution in [0.25, 0.3) is 0 Å². The largest absolute Gasteiger partial charge is 0.355 e. The number of rotatable bonds is 6. The molecule has 3 nitrogen and oxygen atoms in total. The average molecular weight is 234 g/mol. The molecular formula is C14H22N2O. The van der Waals surface area contributed by atoms with E-state index in [0.717, 1.165) is 13.1 Å². The second-order valence-electron chi connectivity index (χ2n) is 4.86. The van der Waals surface area contributed by atoms with E-state index in [1.807, 2.05) is 30.1 Å². The fraction of sp³-hybridized carbons (Fsp3) is 0.500. The molecule has 1 rings (SSSR count). The van der Waals surface area contributed by atoms with Crippen LogP contribution in [0.3, 0.4) is 0 Å². The van der Waals surface area contributed by atoms with Gasteiger partial charge in [0.1, 0.15) is 0 Å². The highest BCUT2D eigenvalue weighted by Crippen LogP contribution is 2.01. The summed E-state index contributed by atoms with van der Waals surface area (Å²) in [7, 11) is 1.96. The number of carbonyl (C=O) groups is 1. The maximum Gasteiger partial charge on any atom is 0.234 e. The Hall–Kier alpha value is -1.35. The lowest BCUT2D eigenvalue weighted by atomic mass is 10.2. The van der Waals surface area contributed by atoms with Crippen LogP contribution in [-0.2, 0) is 11.3 Å². The van der Waals surface area contributed by atoms with Gasteiger partial charge in [-0.3, -0.25) is 9.69 Å². The minimum absolute atomic E-state index is 0.0946. The van der Waals surface area contributed by atoms with E-state index >= 15 is 0 Å². The summed E-state index contributed by atoms with van der Waals surface area (Å²) < 4.78 is 0. The van der Waals surface area contributed by atoms with E-state index in [0.29, 0.717) is 12.5 Å². The Bertz CT molecular complexity index is 335. The Balaban J connectivity index is 2.29. The van der Waals surface area contributed by atoms with Crippen molar-refractivity contribution in [3.05, 3.63) is 35.9 Å². The normalized spacial score (nSPS) is 10.9. The monoisotopic (exact) mass is 234 g/mol. The SMILES string of the molecule is CC(C)CNC(=O)CN(C)Cc1ccccc1. The summed E-state index contributed by atoms with van der Waals surface area (Å²) in [5, 5.41) is 2.92. The third-order valence-corrected chi connectivity index (χ3v) is 2.42. The van der Waals surface area contributed by atoms with Crippen LogP contribution in [0.5, 0.6) is 0 Å². The van der Waals surface area contributed by atoms with Crippen LogP contribution in [0.4, 0.5) is 0 Å². The van der Waals surface area contributed by atoms with Crippen LogP contribution in [0.2, 0.25) is 0 Å².